The monoisotopic (exact) mass is 361 g/mol. The van der Waals surface area contributed by atoms with E-state index < -0.39 is 0 Å². The number of benzene rings is 3. The highest BCUT2D eigenvalue weighted by atomic mass is 19.1. The predicted octanol–water partition coefficient (Wildman–Crippen LogP) is 4.57. The van der Waals surface area contributed by atoms with Crippen LogP contribution in [0.2, 0.25) is 0 Å². The van der Waals surface area contributed by atoms with Gasteiger partial charge in [-0.15, -0.1) is 0 Å². The summed E-state index contributed by atoms with van der Waals surface area (Å²) in [5, 5.41) is 3.38. The Morgan fingerprint density at radius 2 is 1.78 bits per heavy atom. The fourth-order valence-electron chi connectivity index (χ4n) is 2.94. The number of hydrogen-bond acceptors (Lipinski definition) is 3. The Labute approximate surface area is 157 Å². The molecular formula is C22H20FN3O. The van der Waals surface area contributed by atoms with Crippen molar-refractivity contribution in [3.63, 3.8) is 0 Å². The van der Waals surface area contributed by atoms with Gasteiger partial charge in [-0.3, -0.25) is 0 Å². The Hall–Kier alpha value is -3.18. The number of ether oxygens (including phenoxy) is 1. The lowest BCUT2D eigenvalue weighted by Crippen LogP contribution is -2.13. The van der Waals surface area contributed by atoms with E-state index in [4.69, 9.17) is 4.74 Å². The smallest absolute Gasteiger partial charge is 0.129 e. The number of imidazole rings is 1. The van der Waals surface area contributed by atoms with Gasteiger partial charge in [-0.05, 0) is 35.9 Å². The lowest BCUT2D eigenvalue weighted by atomic mass is 10.2. The Kier molecular flexibility index (Phi) is 5.12. The van der Waals surface area contributed by atoms with Crippen LogP contribution in [0.4, 0.5) is 4.39 Å². The van der Waals surface area contributed by atoms with Crippen molar-refractivity contribution >= 4 is 11.0 Å². The van der Waals surface area contributed by atoms with E-state index in [1.807, 2.05) is 48.5 Å². The van der Waals surface area contributed by atoms with E-state index in [1.165, 1.54) is 6.07 Å². The lowest BCUT2D eigenvalue weighted by molar-refractivity contribution is 0.299. The Morgan fingerprint density at radius 1 is 0.926 bits per heavy atom. The molecule has 3 aromatic carbocycles. The molecule has 0 spiro atoms. The number of H-pyrrole nitrogens is 1. The molecule has 136 valence electrons. The minimum absolute atomic E-state index is 0.211. The lowest BCUT2D eigenvalue weighted by Gasteiger charge is -2.09. The van der Waals surface area contributed by atoms with Crippen molar-refractivity contribution in [3.05, 3.63) is 95.6 Å². The van der Waals surface area contributed by atoms with Crippen molar-refractivity contribution in [1.82, 2.24) is 15.3 Å². The quantitative estimate of drug-likeness (QED) is 0.507. The van der Waals surface area contributed by atoms with Crippen LogP contribution in [-0.2, 0) is 19.7 Å². The maximum Gasteiger partial charge on any atom is 0.129 e. The van der Waals surface area contributed by atoms with Crippen LogP contribution in [0.25, 0.3) is 11.0 Å². The van der Waals surface area contributed by atoms with Crippen LogP contribution in [0.15, 0.2) is 72.8 Å². The van der Waals surface area contributed by atoms with Crippen LogP contribution in [0.3, 0.4) is 0 Å². The number of fused-ring (bicyclic) bond motifs is 1. The summed E-state index contributed by atoms with van der Waals surface area (Å²) in [5.41, 5.74) is 3.65. The fourth-order valence-corrected chi connectivity index (χ4v) is 2.94. The molecule has 0 saturated heterocycles. The maximum atomic E-state index is 13.7. The summed E-state index contributed by atoms with van der Waals surface area (Å²) in [4.78, 5) is 7.86. The minimum atomic E-state index is -0.249. The first-order valence-electron chi connectivity index (χ1n) is 8.87. The summed E-state index contributed by atoms with van der Waals surface area (Å²) in [6.45, 7) is 1.55. The molecule has 2 N–H and O–H groups in total. The van der Waals surface area contributed by atoms with Crippen LogP contribution < -0.4 is 10.1 Å². The molecule has 0 amide bonds. The van der Waals surface area contributed by atoms with Crippen molar-refractivity contribution in [2.45, 2.75) is 19.7 Å². The van der Waals surface area contributed by atoms with Gasteiger partial charge in [-0.2, -0.15) is 0 Å². The highest BCUT2D eigenvalue weighted by molar-refractivity contribution is 5.74. The number of para-hydroxylation sites is 2. The Balaban J connectivity index is 1.33. The number of rotatable bonds is 7. The second kappa shape index (κ2) is 8.01. The summed E-state index contributed by atoms with van der Waals surface area (Å²) in [6, 6.07) is 22.4. The zero-order chi connectivity index (χ0) is 18.5. The molecule has 0 radical (unpaired) electrons. The second-order valence-corrected chi connectivity index (χ2v) is 6.33. The molecule has 0 saturated carbocycles. The van der Waals surface area contributed by atoms with Crippen LogP contribution in [0, 0.1) is 5.82 Å². The number of aromatic nitrogens is 2. The van der Waals surface area contributed by atoms with Crippen molar-refractivity contribution in [2.75, 3.05) is 0 Å². The first-order chi connectivity index (χ1) is 13.3. The first-order valence-corrected chi connectivity index (χ1v) is 8.87. The molecule has 0 aliphatic rings. The number of aromatic amines is 1. The summed E-state index contributed by atoms with van der Waals surface area (Å²) in [7, 11) is 0. The molecule has 4 rings (SSSR count). The van der Waals surface area contributed by atoms with Gasteiger partial charge in [-0.25, -0.2) is 9.37 Å². The molecule has 5 heteroatoms. The molecular weight excluding hydrogens is 341 g/mol. The van der Waals surface area contributed by atoms with E-state index in [2.05, 4.69) is 15.3 Å². The highest BCUT2D eigenvalue weighted by Gasteiger charge is 2.04. The third kappa shape index (κ3) is 4.33. The SMILES string of the molecule is Fc1ccccc1COc1cccc(CNCc2nc3ccccc3[nH]2)c1. The van der Waals surface area contributed by atoms with Gasteiger partial charge in [-0.1, -0.05) is 42.5 Å². The largest absolute Gasteiger partial charge is 0.489 e. The molecule has 1 heterocycles. The molecule has 27 heavy (non-hydrogen) atoms. The third-order valence-corrected chi connectivity index (χ3v) is 4.31. The first kappa shape index (κ1) is 17.2. The van der Waals surface area contributed by atoms with E-state index in [0.29, 0.717) is 18.7 Å². The van der Waals surface area contributed by atoms with Crippen LogP contribution in [0.5, 0.6) is 5.75 Å². The van der Waals surface area contributed by atoms with E-state index in [0.717, 1.165) is 28.2 Å². The van der Waals surface area contributed by atoms with Gasteiger partial charge < -0.3 is 15.0 Å². The Bertz CT molecular complexity index is 1010. The van der Waals surface area contributed by atoms with Crippen LogP contribution >= 0.6 is 0 Å². The molecule has 0 fully saturated rings. The van der Waals surface area contributed by atoms with Gasteiger partial charge >= 0.3 is 0 Å². The van der Waals surface area contributed by atoms with Gasteiger partial charge in [0.1, 0.15) is 24.0 Å². The van der Waals surface area contributed by atoms with Crippen molar-refractivity contribution in [2.24, 2.45) is 0 Å². The number of halogens is 1. The molecule has 0 aliphatic carbocycles. The van der Waals surface area contributed by atoms with E-state index in [1.54, 1.807) is 18.2 Å². The van der Waals surface area contributed by atoms with Gasteiger partial charge in [0.05, 0.1) is 17.6 Å². The normalized spacial score (nSPS) is 11.0. The fraction of sp³-hybridized carbons (Fsp3) is 0.136. The van der Waals surface area contributed by atoms with Crippen LogP contribution in [0.1, 0.15) is 17.0 Å². The summed E-state index contributed by atoms with van der Waals surface area (Å²) in [5.74, 6) is 1.38. The standard InChI is InChI=1S/C22H20FN3O/c23-19-9-2-1-7-17(19)15-27-18-8-5-6-16(12-18)13-24-14-22-25-20-10-3-4-11-21(20)26-22/h1-12,24H,13-15H2,(H,25,26). The predicted molar refractivity (Wildman–Crippen MR) is 104 cm³/mol. The molecule has 1 aromatic heterocycles. The molecule has 0 bridgehead atoms. The van der Waals surface area contributed by atoms with E-state index in [-0.39, 0.29) is 12.4 Å². The summed E-state index contributed by atoms with van der Waals surface area (Å²) < 4.78 is 19.4. The Morgan fingerprint density at radius 3 is 2.67 bits per heavy atom. The third-order valence-electron chi connectivity index (χ3n) is 4.31. The average Bonchev–Trinajstić information content (AvgIpc) is 3.10. The van der Waals surface area contributed by atoms with E-state index >= 15 is 0 Å². The number of hydrogen-bond donors (Lipinski definition) is 2. The van der Waals surface area contributed by atoms with Crippen molar-refractivity contribution < 1.29 is 9.13 Å². The molecule has 0 atom stereocenters. The zero-order valence-electron chi connectivity index (χ0n) is 14.8. The average molecular weight is 361 g/mol. The number of nitrogens with one attached hydrogen (secondary N) is 2. The van der Waals surface area contributed by atoms with E-state index in [9.17, 15) is 4.39 Å². The summed E-state index contributed by atoms with van der Waals surface area (Å²) >= 11 is 0. The molecule has 0 unspecified atom stereocenters. The molecule has 4 aromatic rings. The van der Waals surface area contributed by atoms with Gasteiger partial charge in [0.15, 0.2) is 0 Å². The zero-order valence-corrected chi connectivity index (χ0v) is 14.8. The maximum absolute atomic E-state index is 13.7. The summed E-state index contributed by atoms with van der Waals surface area (Å²) in [6.07, 6.45) is 0. The van der Waals surface area contributed by atoms with Crippen LogP contribution in [-0.4, -0.2) is 9.97 Å². The second-order valence-electron chi connectivity index (χ2n) is 6.33. The van der Waals surface area contributed by atoms with Crippen molar-refractivity contribution in [3.8, 4) is 5.75 Å². The number of nitrogens with zero attached hydrogens (tertiary/aromatic N) is 1. The molecule has 0 aliphatic heterocycles. The van der Waals surface area contributed by atoms with Crippen molar-refractivity contribution in [1.29, 1.82) is 0 Å². The van der Waals surface area contributed by atoms with Gasteiger partial charge in [0.2, 0.25) is 0 Å². The van der Waals surface area contributed by atoms with Gasteiger partial charge in [0.25, 0.3) is 0 Å². The molecule has 4 nitrogen and oxygen atoms in total. The van der Waals surface area contributed by atoms with Gasteiger partial charge in [0, 0.05) is 12.1 Å². The highest BCUT2D eigenvalue weighted by Crippen LogP contribution is 2.17. The topological polar surface area (TPSA) is 49.9 Å². The minimum Gasteiger partial charge on any atom is -0.489 e.